The first-order chi connectivity index (χ1) is 13.4. The van der Waals surface area contributed by atoms with Gasteiger partial charge in [-0.15, -0.1) is 0 Å². The Kier molecular flexibility index (Phi) is 4.94. The van der Waals surface area contributed by atoms with Crippen molar-refractivity contribution in [3.05, 3.63) is 51.1 Å². The normalized spacial score (nSPS) is 17.7. The van der Waals surface area contributed by atoms with Gasteiger partial charge < -0.3 is 10.1 Å². The van der Waals surface area contributed by atoms with Crippen molar-refractivity contribution < 1.29 is 19.2 Å². The van der Waals surface area contributed by atoms with Crippen LogP contribution in [0.2, 0.25) is 0 Å². The Morgan fingerprint density at radius 1 is 1.31 bits per heavy atom. The van der Waals surface area contributed by atoms with Gasteiger partial charge in [-0.05, 0) is 46.3 Å². The van der Waals surface area contributed by atoms with Crippen molar-refractivity contribution in [1.82, 2.24) is 10.2 Å². The number of hydrogen-bond acceptors (Lipinski definition) is 6. The number of rotatable bonds is 2. The number of aliphatic imine (C=N–C) groups is 1. The maximum atomic E-state index is 12.6. The molecule has 1 aromatic carbocycles. The molecule has 3 rings (SSSR count). The molecule has 2 amide bonds. The summed E-state index contributed by atoms with van der Waals surface area (Å²) in [5, 5.41) is 13.7. The molecule has 2 aliphatic rings. The van der Waals surface area contributed by atoms with Gasteiger partial charge in [-0.2, -0.15) is 0 Å². The van der Waals surface area contributed by atoms with Crippen molar-refractivity contribution in [2.24, 2.45) is 4.99 Å². The average molecular weight is 400 g/mol. The number of hydrogen-bond donors (Lipinski definition) is 1. The van der Waals surface area contributed by atoms with Crippen LogP contribution in [-0.2, 0) is 4.74 Å². The number of nitro groups is 1. The summed E-state index contributed by atoms with van der Waals surface area (Å²) in [6.45, 7) is 9.89. The van der Waals surface area contributed by atoms with E-state index in [0.29, 0.717) is 12.4 Å². The Labute approximate surface area is 168 Å². The highest BCUT2D eigenvalue weighted by atomic mass is 16.6. The molecule has 0 bridgehead atoms. The minimum Gasteiger partial charge on any atom is -0.444 e. The number of nitrogens with zero attached hydrogens (tertiary/aromatic N) is 3. The van der Waals surface area contributed by atoms with E-state index in [-0.39, 0.29) is 17.8 Å². The van der Waals surface area contributed by atoms with Crippen LogP contribution in [0.5, 0.6) is 0 Å². The predicted molar refractivity (Wildman–Crippen MR) is 107 cm³/mol. The predicted octanol–water partition coefficient (Wildman–Crippen LogP) is 3.06. The lowest BCUT2D eigenvalue weighted by Gasteiger charge is -2.35. The van der Waals surface area contributed by atoms with Crippen molar-refractivity contribution in [3.63, 3.8) is 0 Å². The molecule has 0 aromatic heterocycles. The molecule has 0 unspecified atom stereocenters. The van der Waals surface area contributed by atoms with Crippen LogP contribution in [0.25, 0.3) is 0 Å². The number of non-ortho nitro benzene ring substituents is 1. The largest absolute Gasteiger partial charge is 0.444 e. The number of nitro benzene ring substituents is 1. The molecule has 154 valence electrons. The van der Waals surface area contributed by atoms with Gasteiger partial charge in [0, 0.05) is 23.3 Å². The second kappa shape index (κ2) is 6.98. The van der Waals surface area contributed by atoms with E-state index in [1.807, 2.05) is 13.8 Å². The van der Waals surface area contributed by atoms with Gasteiger partial charge in [-0.25, -0.2) is 4.79 Å². The van der Waals surface area contributed by atoms with E-state index >= 15 is 0 Å². The van der Waals surface area contributed by atoms with Gasteiger partial charge in [-0.3, -0.25) is 24.8 Å². The molecular weight excluding hydrogens is 376 g/mol. The Morgan fingerprint density at radius 3 is 2.62 bits per heavy atom. The highest BCUT2D eigenvalue weighted by Crippen LogP contribution is 2.38. The third-order valence-electron chi connectivity index (χ3n) is 4.94. The van der Waals surface area contributed by atoms with Crippen LogP contribution < -0.4 is 5.32 Å². The van der Waals surface area contributed by atoms with Crippen LogP contribution >= 0.6 is 0 Å². The number of nitrogens with one attached hydrogen (secondary N) is 1. The summed E-state index contributed by atoms with van der Waals surface area (Å²) in [5.74, 6) is -0.106. The van der Waals surface area contributed by atoms with E-state index in [1.165, 1.54) is 24.3 Å². The number of benzene rings is 1. The zero-order valence-electron chi connectivity index (χ0n) is 17.1. The Balaban J connectivity index is 1.77. The molecule has 0 aliphatic carbocycles. The minimum atomic E-state index is -0.618. The lowest BCUT2D eigenvalue weighted by molar-refractivity contribution is -0.384. The van der Waals surface area contributed by atoms with Gasteiger partial charge in [-0.1, -0.05) is 6.07 Å². The van der Waals surface area contributed by atoms with Crippen LogP contribution in [0, 0.1) is 10.1 Å². The highest BCUT2D eigenvalue weighted by Gasteiger charge is 2.46. The molecule has 1 aromatic rings. The molecule has 0 spiro atoms. The maximum Gasteiger partial charge on any atom is 0.411 e. The standard InChI is InChI=1S/C20H24N4O5/c1-19(2,3)29-18(26)23-11-14-15(20(23,4)5)10-21-16(14)22-17(25)12-7-6-8-13(9-12)24(27)28/h6-9H,10-11H2,1-5H3,(H,21,22,25). The summed E-state index contributed by atoms with van der Waals surface area (Å²) < 4.78 is 5.51. The fourth-order valence-electron chi connectivity index (χ4n) is 3.41. The summed E-state index contributed by atoms with van der Waals surface area (Å²) >= 11 is 0. The van der Waals surface area contributed by atoms with E-state index in [4.69, 9.17) is 4.74 Å². The molecule has 0 saturated heterocycles. The van der Waals surface area contributed by atoms with E-state index in [2.05, 4.69) is 10.3 Å². The van der Waals surface area contributed by atoms with Crippen molar-refractivity contribution in [1.29, 1.82) is 0 Å². The van der Waals surface area contributed by atoms with Crippen molar-refractivity contribution in [3.8, 4) is 0 Å². The van der Waals surface area contributed by atoms with Crippen LogP contribution in [0.4, 0.5) is 10.5 Å². The average Bonchev–Trinajstić information content (AvgIpc) is 3.12. The fraction of sp³-hybridized carbons (Fsp3) is 0.450. The maximum absolute atomic E-state index is 12.6. The monoisotopic (exact) mass is 400 g/mol. The third kappa shape index (κ3) is 3.98. The summed E-state index contributed by atoms with van der Waals surface area (Å²) in [6, 6.07) is 5.49. The summed E-state index contributed by atoms with van der Waals surface area (Å²) in [7, 11) is 0. The number of carbonyl (C=O) groups is 2. The van der Waals surface area contributed by atoms with Gasteiger partial charge in [0.15, 0.2) is 0 Å². The topological polar surface area (TPSA) is 114 Å². The van der Waals surface area contributed by atoms with Crippen LogP contribution in [0.3, 0.4) is 0 Å². The molecule has 0 saturated carbocycles. The molecule has 9 nitrogen and oxygen atoms in total. The third-order valence-corrected chi connectivity index (χ3v) is 4.94. The Bertz CT molecular complexity index is 956. The lowest BCUT2D eigenvalue weighted by atomic mass is 9.94. The van der Waals surface area contributed by atoms with E-state index in [0.717, 1.165) is 11.1 Å². The molecule has 0 fully saturated rings. The van der Waals surface area contributed by atoms with E-state index in [1.54, 1.807) is 25.7 Å². The first kappa shape index (κ1) is 20.5. The van der Waals surface area contributed by atoms with Crippen LogP contribution in [-0.4, -0.2) is 51.9 Å². The van der Waals surface area contributed by atoms with Gasteiger partial charge >= 0.3 is 6.09 Å². The number of carbonyl (C=O) groups excluding carboxylic acids is 2. The fourth-order valence-corrected chi connectivity index (χ4v) is 3.41. The first-order valence-corrected chi connectivity index (χ1v) is 9.24. The molecule has 9 heteroatoms. The van der Waals surface area contributed by atoms with Crippen molar-refractivity contribution >= 4 is 23.5 Å². The van der Waals surface area contributed by atoms with Gasteiger partial charge in [0.1, 0.15) is 11.4 Å². The van der Waals surface area contributed by atoms with Crippen molar-refractivity contribution in [2.45, 2.75) is 45.8 Å². The van der Waals surface area contributed by atoms with Crippen molar-refractivity contribution in [2.75, 3.05) is 13.1 Å². The second-order valence-corrected chi connectivity index (χ2v) is 8.51. The van der Waals surface area contributed by atoms with Crippen LogP contribution in [0.1, 0.15) is 45.0 Å². The number of amides is 2. The smallest absolute Gasteiger partial charge is 0.411 e. The lowest BCUT2D eigenvalue weighted by Crippen LogP contribution is -2.48. The molecule has 0 atom stereocenters. The zero-order valence-corrected chi connectivity index (χ0v) is 17.1. The molecule has 29 heavy (non-hydrogen) atoms. The molecule has 1 N–H and O–H groups in total. The first-order valence-electron chi connectivity index (χ1n) is 9.24. The summed E-state index contributed by atoms with van der Waals surface area (Å²) in [4.78, 5) is 41.6. The number of amidine groups is 1. The van der Waals surface area contributed by atoms with Crippen LogP contribution in [0.15, 0.2) is 40.4 Å². The Hall–Kier alpha value is -3.23. The zero-order chi connectivity index (χ0) is 21.6. The van der Waals surface area contributed by atoms with Gasteiger partial charge in [0.25, 0.3) is 11.6 Å². The SMILES string of the molecule is CC(C)(C)OC(=O)N1CC2=C(CN=C2NC(=O)c2cccc([N+](=O)[O-])c2)C1(C)C. The van der Waals surface area contributed by atoms with Gasteiger partial charge in [0.05, 0.1) is 23.6 Å². The highest BCUT2D eigenvalue weighted by molar-refractivity contribution is 6.14. The summed E-state index contributed by atoms with van der Waals surface area (Å²) in [5.41, 5.74) is 0.505. The Morgan fingerprint density at radius 2 is 2.00 bits per heavy atom. The molecular formula is C20H24N4O5. The second-order valence-electron chi connectivity index (χ2n) is 8.51. The van der Waals surface area contributed by atoms with E-state index in [9.17, 15) is 19.7 Å². The van der Waals surface area contributed by atoms with E-state index < -0.39 is 28.1 Å². The minimum absolute atomic E-state index is 0.163. The van der Waals surface area contributed by atoms with Gasteiger partial charge in [0.2, 0.25) is 0 Å². The number of ether oxygens (including phenoxy) is 1. The molecule has 2 heterocycles. The summed E-state index contributed by atoms with van der Waals surface area (Å²) in [6.07, 6.45) is -0.429. The molecule has 0 radical (unpaired) electrons. The quantitative estimate of drug-likeness (QED) is 0.605. The molecule has 2 aliphatic heterocycles.